The van der Waals surface area contributed by atoms with E-state index < -0.39 is 27.5 Å². The molecule has 11 heteroatoms. The van der Waals surface area contributed by atoms with Crippen LogP contribution < -0.4 is 13.8 Å². The first-order valence-electron chi connectivity index (χ1n) is 7.56. The monoisotopic (exact) mass is 394 g/mol. The molecule has 3 rings (SSSR count). The molecular formula is C16H14N2O8S. The summed E-state index contributed by atoms with van der Waals surface area (Å²) >= 11 is 0. The Hall–Kier alpha value is -3.34. The highest BCUT2D eigenvalue weighted by molar-refractivity contribution is 7.92. The number of nitro benzene ring substituents is 1. The van der Waals surface area contributed by atoms with Crippen LogP contribution >= 0.6 is 0 Å². The Balaban J connectivity index is 2.03. The minimum atomic E-state index is -4.21. The summed E-state index contributed by atoms with van der Waals surface area (Å²) in [5, 5.41) is 10.8. The third kappa shape index (κ3) is 3.62. The summed E-state index contributed by atoms with van der Waals surface area (Å²) in [6.07, 6.45) is 0. The predicted octanol–water partition coefficient (Wildman–Crippen LogP) is 1.69. The Kier molecular flexibility index (Phi) is 4.86. The number of carbonyl (C=O) groups is 1. The van der Waals surface area contributed by atoms with Crippen LogP contribution in [-0.2, 0) is 19.6 Å². The Labute approximate surface area is 154 Å². The second kappa shape index (κ2) is 7.11. The molecule has 0 aliphatic carbocycles. The number of nitro groups is 1. The van der Waals surface area contributed by atoms with Gasteiger partial charge >= 0.3 is 5.97 Å². The lowest BCUT2D eigenvalue weighted by Crippen LogP contribution is -2.36. The average molecular weight is 394 g/mol. The number of fused-ring (bicyclic) bond motifs is 1. The quantitative estimate of drug-likeness (QED) is 0.412. The molecule has 0 atom stereocenters. The van der Waals surface area contributed by atoms with Crippen molar-refractivity contribution in [3.8, 4) is 11.5 Å². The van der Waals surface area contributed by atoms with Crippen LogP contribution in [0.25, 0.3) is 0 Å². The van der Waals surface area contributed by atoms with Crippen LogP contribution in [0.4, 0.5) is 11.4 Å². The molecule has 0 aromatic heterocycles. The molecule has 27 heavy (non-hydrogen) atoms. The molecule has 1 aliphatic rings. The van der Waals surface area contributed by atoms with Gasteiger partial charge in [0, 0.05) is 18.2 Å². The molecular weight excluding hydrogens is 380 g/mol. The van der Waals surface area contributed by atoms with E-state index in [-0.39, 0.29) is 23.1 Å². The van der Waals surface area contributed by atoms with Crippen LogP contribution in [0, 0.1) is 10.1 Å². The zero-order valence-corrected chi connectivity index (χ0v) is 14.8. The Morgan fingerprint density at radius 2 is 1.85 bits per heavy atom. The SMILES string of the molecule is COC(=O)CN(c1ccc2c(c1)OCO2)S(=O)(=O)c1ccc([N+](=O)[O-])cc1. The van der Waals surface area contributed by atoms with Gasteiger partial charge in [0.05, 0.1) is 22.6 Å². The second-order valence-electron chi connectivity index (χ2n) is 5.38. The predicted molar refractivity (Wildman–Crippen MR) is 92.2 cm³/mol. The topological polar surface area (TPSA) is 125 Å². The zero-order chi connectivity index (χ0) is 19.6. The normalized spacial score (nSPS) is 12.5. The lowest BCUT2D eigenvalue weighted by atomic mass is 10.3. The van der Waals surface area contributed by atoms with Crippen molar-refractivity contribution in [1.29, 1.82) is 0 Å². The lowest BCUT2D eigenvalue weighted by Gasteiger charge is -2.23. The van der Waals surface area contributed by atoms with Crippen molar-refractivity contribution in [2.45, 2.75) is 4.90 Å². The molecule has 0 fully saturated rings. The number of benzene rings is 2. The van der Waals surface area contributed by atoms with E-state index in [2.05, 4.69) is 4.74 Å². The van der Waals surface area contributed by atoms with Crippen molar-refractivity contribution >= 4 is 27.4 Å². The van der Waals surface area contributed by atoms with E-state index in [4.69, 9.17) is 9.47 Å². The molecule has 0 spiro atoms. The van der Waals surface area contributed by atoms with E-state index in [1.165, 1.54) is 18.2 Å². The molecule has 0 unspecified atom stereocenters. The van der Waals surface area contributed by atoms with Gasteiger partial charge in [-0.15, -0.1) is 0 Å². The van der Waals surface area contributed by atoms with Gasteiger partial charge in [0.15, 0.2) is 11.5 Å². The van der Waals surface area contributed by atoms with Crippen molar-refractivity contribution < 1.29 is 32.3 Å². The van der Waals surface area contributed by atoms with E-state index in [0.717, 1.165) is 35.7 Å². The first-order chi connectivity index (χ1) is 12.8. The number of methoxy groups -OCH3 is 1. The number of ether oxygens (including phenoxy) is 3. The minimum Gasteiger partial charge on any atom is -0.468 e. The third-order valence-electron chi connectivity index (χ3n) is 3.78. The number of anilines is 1. The van der Waals surface area contributed by atoms with Crippen molar-refractivity contribution in [2.24, 2.45) is 0 Å². The summed E-state index contributed by atoms with van der Waals surface area (Å²) in [5.41, 5.74) is -0.0976. The molecule has 0 radical (unpaired) electrons. The number of rotatable bonds is 6. The van der Waals surface area contributed by atoms with Crippen molar-refractivity contribution in [1.82, 2.24) is 0 Å². The maximum atomic E-state index is 13.0. The van der Waals surface area contributed by atoms with Gasteiger partial charge in [-0.25, -0.2) is 8.42 Å². The van der Waals surface area contributed by atoms with Gasteiger partial charge in [0.1, 0.15) is 6.54 Å². The number of nitrogens with zero attached hydrogens (tertiary/aromatic N) is 2. The average Bonchev–Trinajstić information content (AvgIpc) is 3.13. The van der Waals surface area contributed by atoms with Gasteiger partial charge < -0.3 is 14.2 Å². The van der Waals surface area contributed by atoms with E-state index in [1.54, 1.807) is 0 Å². The number of non-ortho nitro benzene ring substituents is 1. The highest BCUT2D eigenvalue weighted by atomic mass is 32.2. The maximum absolute atomic E-state index is 13.0. The molecule has 1 heterocycles. The number of hydrogen-bond acceptors (Lipinski definition) is 8. The van der Waals surface area contributed by atoms with E-state index in [0.29, 0.717) is 11.5 Å². The third-order valence-corrected chi connectivity index (χ3v) is 5.57. The number of hydrogen-bond donors (Lipinski definition) is 0. The van der Waals surface area contributed by atoms with Gasteiger partial charge in [-0.3, -0.25) is 19.2 Å². The smallest absolute Gasteiger partial charge is 0.326 e. The summed E-state index contributed by atoms with van der Waals surface area (Å²) < 4.78 is 41.9. The molecule has 0 amide bonds. The molecule has 0 saturated carbocycles. The van der Waals surface area contributed by atoms with Crippen LogP contribution in [0.15, 0.2) is 47.4 Å². The zero-order valence-electron chi connectivity index (χ0n) is 14.0. The minimum absolute atomic E-state index is 0.00485. The fraction of sp³-hybridized carbons (Fsp3) is 0.188. The number of esters is 1. The maximum Gasteiger partial charge on any atom is 0.326 e. The number of sulfonamides is 1. The molecule has 0 saturated heterocycles. The van der Waals surface area contributed by atoms with Gasteiger partial charge in [-0.1, -0.05) is 0 Å². The molecule has 1 aliphatic heterocycles. The highest BCUT2D eigenvalue weighted by Gasteiger charge is 2.29. The molecule has 10 nitrogen and oxygen atoms in total. The summed E-state index contributed by atoms with van der Waals surface area (Å²) in [5.74, 6) is 0.00363. The lowest BCUT2D eigenvalue weighted by molar-refractivity contribution is -0.384. The summed E-state index contributed by atoms with van der Waals surface area (Å²) in [4.78, 5) is 21.7. The standard InChI is InChI=1S/C16H14N2O8S/c1-24-16(19)9-17(12-4-7-14-15(8-12)26-10-25-14)27(22,23)13-5-2-11(3-6-13)18(20)21/h2-8H,9-10H2,1H3. The largest absolute Gasteiger partial charge is 0.468 e. The molecule has 2 aromatic carbocycles. The van der Waals surface area contributed by atoms with Crippen LogP contribution in [0.2, 0.25) is 0 Å². The molecule has 0 bridgehead atoms. The van der Waals surface area contributed by atoms with E-state index in [1.807, 2.05) is 0 Å². The summed E-state index contributed by atoms with van der Waals surface area (Å²) in [6, 6.07) is 8.75. The fourth-order valence-corrected chi connectivity index (χ4v) is 3.81. The summed E-state index contributed by atoms with van der Waals surface area (Å²) in [7, 11) is -3.07. The molecule has 142 valence electrons. The first-order valence-corrected chi connectivity index (χ1v) is 9.00. The Morgan fingerprint density at radius 3 is 2.48 bits per heavy atom. The number of carbonyl (C=O) groups excluding carboxylic acids is 1. The Bertz CT molecular complexity index is 988. The fourth-order valence-electron chi connectivity index (χ4n) is 2.40. The van der Waals surface area contributed by atoms with E-state index >= 15 is 0 Å². The van der Waals surface area contributed by atoms with Crippen molar-refractivity contribution in [3.05, 3.63) is 52.6 Å². The first kappa shape index (κ1) is 18.5. The van der Waals surface area contributed by atoms with Crippen LogP contribution in [0.3, 0.4) is 0 Å². The van der Waals surface area contributed by atoms with Crippen LogP contribution in [0.5, 0.6) is 11.5 Å². The molecule has 0 N–H and O–H groups in total. The second-order valence-corrected chi connectivity index (χ2v) is 7.24. The van der Waals surface area contributed by atoms with Crippen LogP contribution in [0.1, 0.15) is 0 Å². The highest BCUT2D eigenvalue weighted by Crippen LogP contribution is 2.37. The van der Waals surface area contributed by atoms with Gasteiger partial charge in [0.2, 0.25) is 6.79 Å². The van der Waals surface area contributed by atoms with Gasteiger partial charge in [-0.2, -0.15) is 0 Å². The molecule has 2 aromatic rings. The van der Waals surface area contributed by atoms with Crippen LogP contribution in [-0.4, -0.2) is 39.8 Å². The van der Waals surface area contributed by atoms with Gasteiger partial charge in [-0.05, 0) is 24.3 Å². The summed E-state index contributed by atoms with van der Waals surface area (Å²) in [6.45, 7) is -0.583. The Morgan fingerprint density at radius 1 is 1.19 bits per heavy atom. The van der Waals surface area contributed by atoms with Crippen molar-refractivity contribution in [3.63, 3.8) is 0 Å². The van der Waals surface area contributed by atoms with Crippen molar-refractivity contribution in [2.75, 3.05) is 24.8 Å². The van der Waals surface area contributed by atoms with Gasteiger partial charge in [0.25, 0.3) is 15.7 Å². The van der Waals surface area contributed by atoms with E-state index in [9.17, 15) is 23.3 Å².